The number of anilines is 1. The lowest BCUT2D eigenvalue weighted by atomic mass is 10.1. The molecule has 0 saturated carbocycles. The van der Waals surface area contributed by atoms with Gasteiger partial charge in [0, 0.05) is 19.3 Å². The van der Waals surface area contributed by atoms with Gasteiger partial charge in [0.1, 0.15) is 0 Å². The van der Waals surface area contributed by atoms with Gasteiger partial charge in [-0.05, 0) is 36.2 Å². The second-order valence-electron chi connectivity index (χ2n) is 5.38. The van der Waals surface area contributed by atoms with E-state index in [1.54, 1.807) is 20.0 Å². The molecule has 0 aliphatic heterocycles. The predicted molar refractivity (Wildman–Crippen MR) is 86.5 cm³/mol. The molecule has 0 aromatic heterocycles. The van der Waals surface area contributed by atoms with Gasteiger partial charge in [-0.15, -0.1) is 0 Å². The molecule has 0 aliphatic rings. The molecule has 2 aromatic carbocycles. The number of nitrogens with one attached hydrogen (secondary N) is 1. The highest BCUT2D eigenvalue weighted by Crippen LogP contribution is 2.18. The Morgan fingerprint density at radius 3 is 2.55 bits per heavy atom. The molecule has 0 aliphatic carbocycles. The summed E-state index contributed by atoms with van der Waals surface area (Å²) in [4.78, 5) is 25.2. The van der Waals surface area contributed by atoms with Crippen molar-refractivity contribution in [2.45, 2.75) is 19.4 Å². The summed E-state index contributed by atoms with van der Waals surface area (Å²) in [6.45, 7) is 1.98. The van der Waals surface area contributed by atoms with Crippen LogP contribution >= 0.6 is 0 Å². The molecular weight excluding hydrogens is 280 g/mol. The number of benzene rings is 2. The highest BCUT2D eigenvalue weighted by atomic mass is 16.3. The van der Waals surface area contributed by atoms with E-state index < -0.39 is 17.9 Å². The molecule has 2 rings (SSSR count). The van der Waals surface area contributed by atoms with Crippen LogP contribution in [0.2, 0.25) is 0 Å². The quantitative estimate of drug-likeness (QED) is 0.849. The lowest BCUT2D eigenvalue weighted by Gasteiger charge is -2.17. The fourth-order valence-electron chi connectivity index (χ4n) is 2.11. The lowest BCUT2D eigenvalue weighted by Crippen LogP contribution is -2.38. The third-order valence-electron chi connectivity index (χ3n) is 3.43. The number of hydrogen-bond donors (Lipinski definition) is 2. The van der Waals surface area contributed by atoms with Crippen LogP contribution in [0.1, 0.15) is 13.3 Å². The van der Waals surface area contributed by atoms with E-state index in [-0.39, 0.29) is 0 Å². The van der Waals surface area contributed by atoms with Crippen molar-refractivity contribution in [1.29, 1.82) is 0 Å². The maximum absolute atomic E-state index is 12.0. The van der Waals surface area contributed by atoms with Crippen LogP contribution in [0.3, 0.4) is 0 Å². The van der Waals surface area contributed by atoms with Crippen molar-refractivity contribution < 1.29 is 14.7 Å². The van der Waals surface area contributed by atoms with Gasteiger partial charge in [-0.25, -0.2) is 0 Å². The number of rotatable bonds is 4. The lowest BCUT2D eigenvalue weighted by molar-refractivity contribution is -0.142. The van der Waals surface area contributed by atoms with Crippen LogP contribution in [0.15, 0.2) is 42.5 Å². The minimum atomic E-state index is -0.677. The first-order chi connectivity index (χ1) is 10.5. The highest BCUT2D eigenvalue weighted by molar-refractivity contribution is 6.39. The molecule has 5 nitrogen and oxygen atoms in total. The molecule has 22 heavy (non-hydrogen) atoms. The number of carbonyl (C=O) groups is 2. The highest BCUT2D eigenvalue weighted by Gasteiger charge is 2.18. The third-order valence-corrected chi connectivity index (χ3v) is 3.43. The summed E-state index contributed by atoms with van der Waals surface area (Å²) in [6, 6.07) is 13.3. The van der Waals surface area contributed by atoms with Crippen LogP contribution in [-0.4, -0.2) is 41.5 Å². The van der Waals surface area contributed by atoms with E-state index in [2.05, 4.69) is 5.32 Å². The van der Waals surface area contributed by atoms with Gasteiger partial charge in [0.15, 0.2) is 0 Å². The van der Waals surface area contributed by atoms with Gasteiger partial charge in [-0.3, -0.25) is 9.59 Å². The van der Waals surface area contributed by atoms with Gasteiger partial charge in [-0.2, -0.15) is 0 Å². The number of aliphatic hydroxyl groups excluding tert-OH is 1. The van der Waals surface area contributed by atoms with E-state index in [4.69, 9.17) is 0 Å². The maximum atomic E-state index is 12.0. The summed E-state index contributed by atoms with van der Waals surface area (Å²) in [7, 11) is 1.55. The molecule has 1 atom stereocenters. The van der Waals surface area contributed by atoms with Crippen LogP contribution in [0.5, 0.6) is 0 Å². The van der Waals surface area contributed by atoms with E-state index in [1.807, 2.05) is 36.4 Å². The van der Waals surface area contributed by atoms with Crippen molar-refractivity contribution in [2.24, 2.45) is 0 Å². The Bertz CT molecular complexity index is 682. The molecule has 5 heteroatoms. The van der Waals surface area contributed by atoms with E-state index >= 15 is 0 Å². The number of nitrogens with zero attached hydrogens (tertiary/aromatic N) is 1. The van der Waals surface area contributed by atoms with Crippen molar-refractivity contribution >= 4 is 28.3 Å². The zero-order valence-electron chi connectivity index (χ0n) is 12.7. The summed E-state index contributed by atoms with van der Waals surface area (Å²) in [5.41, 5.74) is 0.584. The summed E-state index contributed by atoms with van der Waals surface area (Å²) >= 11 is 0. The summed E-state index contributed by atoms with van der Waals surface area (Å²) in [6.07, 6.45) is -0.0651. The minimum Gasteiger partial charge on any atom is -0.393 e. The predicted octanol–water partition coefficient (Wildman–Crippen LogP) is 2.01. The molecule has 2 amide bonds. The van der Waals surface area contributed by atoms with Crippen molar-refractivity contribution in [3.05, 3.63) is 42.5 Å². The zero-order valence-corrected chi connectivity index (χ0v) is 12.7. The summed E-state index contributed by atoms with van der Waals surface area (Å²) in [5, 5.41) is 13.9. The molecule has 116 valence electrons. The molecule has 2 N–H and O–H groups in total. The molecule has 0 saturated heterocycles. The van der Waals surface area contributed by atoms with Crippen molar-refractivity contribution in [2.75, 3.05) is 18.9 Å². The van der Waals surface area contributed by atoms with Gasteiger partial charge < -0.3 is 15.3 Å². The maximum Gasteiger partial charge on any atom is 0.313 e. The molecule has 0 radical (unpaired) electrons. The monoisotopic (exact) mass is 300 g/mol. The smallest absolute Gasteiger partial charge is 0.313 e. The first kappa shape index (κ1) is 16.0. The minimum absolute atomic E-state index is 0.335. The Morgan fingerprint density at radius 1 is 1.18 bits per heavy atom. The van der Waals surface area contributed by atoms with Crippen LogP contribution in [-0.2, 0) is 9.59 Å². The van der Waals surface area contributed by atoms with E-state index in [0.29, 0.717) is 18.7 Å². The van der Waals surface area contributed by atoms with Crippen LogP contribution in [0, 0.1) is 0 Å². The molecule has 0 bridgehead atoms. The van der Waals surface area contributed by atoms with E-state index in [9.17, 15) is 14.7 Å². The van der Waals surface area contributed by atoms with Crippen LogP contribution in [0.4, 0.5) is 5.69 Å². The molecular formula is C17H20N2O3. The second kappa shape index (κ2) is 7.04. The van der Waals surface area contributed by atoms with Gasteiger partial charge in [0.05, 0.1) is 6.10 Å². The summed E-state index contributed by atoms with van der Waals surface area (Å²) < 4.78 is 0. The van der Waals surface area contributed by atoms with E-state index in [0.717, 1.165) is 10.8 Å². The van der Waals surface area contributed by atoms with Gasteiger partial charge in [0.25, 0.3) is 0 Å². The van der Waals surface area contributed by atoms with Crippen molar-refractivity contribution in [1.82, 2.24) is 4.90 Å². The topological polar surface area (TPSA) is 69.6 Å². The third kappa shape index (κ3) is 4.05. The van der Waals surface area contributed by atoms with Crippen molar-refractivity contribution in [3.63, 3.8) is 0 Å². The fraction of sp³-hybridized carbons (Fsp3) is 0.294. The molecule has 0 fully saturated rings. The number of aliphatic hydroxyl groups is 1. The normalized spacial score (nSPS) is 12.0. The molecule has 0 heterocycles. The second-order valence-corrected chi connectivity index (χ2v) is 5.38. The number of hydrogen-bond acceptors (Lipinski definition) is 3. The standard InChI is InChI=1S/C17H20N2O3/c1-12(20)9-10-19(2)17(22)16(21)18-15-8-7-13-5-3-4-6-14(13)11-15/h3-8,11-12,20H,9-10H2,1-2H3,(H,18,21). The number of carbonyl (C=O) groups excluding carboxylic acids is 2. The summed E-state index contributed by atoms with van der Waals surface area (Å²) in [5.74, 6) is -1.29. The van der Waals surface area contributed by atoms with Crippen LogP contribution < -0.4 is 5.32 Å². The number of fused-ring (bicyclic) bond motifs is 1. The Balaban J connectivity index is 2.01. The zero-order chi connectivity index (χ0) is 16.1. The average molecular weight is 300 g/mol. The molecule has 1 unspecified atom stereocenters. The SMILES string of the molecule is CC(O)CCN(C)C(=O)C(=O)Nc1ccc2ccccc2c1. The number of amides is 2. The Kier molecular flexibility index (Phi) is 5.12. The Labute approximate surface area is 129 Å². The molecule has 0 spiro atoms. The van der Waals surface area contributed by atoms with Crippen molar-refractivity contribution in [3.8, 4) is 0 Å². The number of likely N-dealkylation sites (N-methyl/N-ethyl adjacent to an activating group) is 1. The van der Waals surface area contributed by atoms with Gasteiger partial charge in [0.2, 0.25) is 0 Å². The Morgan fingerprint density at radius 2 is 1.86 bits per heavy atom. The van der Waals surface area contributed by atoms with Gasteiger partial charge in [-0.1, -0.05) is 30.3 Å². The molecule has 2 aromatic rings. The van der Waals surface area contributed by atoms with E-state index in [1.165, 1.54) is 4.90 Å². The largest absolute Gasteiger partial charge is 0.393 e. The fourth-order valence-corrected chi connectivity index (χ4v) is 2.11. The van der Waals surface area contributed by atoms with Gasteiger partial charge >= 0.3 is 11.8 Å². The Hall–Kier alpha value is -2.40. The average Bonchev–Trinajstić information content (AvgIpc) is 2.51. The first-order valence-electron chi connectivity index (χ1n) is 7.20. The van der Waals surface area contributed by atoms with Crippen LogP contribution in [0.25, 0.3) is 10.8 Å². The first-order valence-corrected chi connectivity index (χ1v) is 7.20.